The summed E-state index contributed by atoms with van der Waals surface area (Å²) in [5.74, 6) is 1.56. The fraction of sp³-hybridized carbons (Fsp3) is 0.351. The van der Waals surface area contributed by atoms with Crippen LogP contribution in [0.4, 0.5) is 0 Å². The number of ketones is 1. The number of nitrogens with zero attached hydrogens (tertiary/aromatic N) is 2. The summed E-state index contributed by atoms with van der Waals surface area (Å²) in [4.78, 5) is 33.7. The smallest absolute Gasteiger partial charge is 0.281 e. The van der Waals surface area contributed by atoms with Gasteiger partial charge in [-0.3, -0.25) is 14.6 Å². The minimum atomic E-state index is -0.441. The molecular formula is C37H39N4O2+. The van der Waals surface area contributed by atoms with Gasteiger partial charge in [-0.05, 0) is 115 Å². The average molecular weight is 572 g/mol. The monoisotopic (exact) mass is 571 g/mol. The molecule has 2 heterocycles. The molecule has 218 valence electrons. The number of aromatic amines is 1. The molecule has 3 aliphatic rings. The van der Waals surface area contributed by atoms with Crippen molar-refractivity contribution in [2.24, 2.45) is 13.0 Å². The predicted molar refractivity (Wildman–Crippen MR) is 170 cm³/mol. The maximum atomic E-state index is 13.9. The maximum absolute atomic E-state index is 13.9. The second kappa shape index (κ2) is 11.1. The highest BCUT2D eigenvalue weighted by atomic mass is 16.2. The molecule has 2 fully saturated rings. The number of carbonyl (C=O) groups excluding carboxylic acids is 2. The standard InChI is InChI=1S/C37H38N4O2/c1-24(42)12-13-25-14-17-33-32(21-25)39-36(41(33)2)37(18-8-19-37)40-35(43)27-15-16-29-28(22-27)23-30(31-11-6-7-20-38-31)34(29)26-9-4-3-5-10-26/h6-7,11-17,20-22,26H,3-5,8-10,18-19,23H2,1-2H3,(H,40,43)/p+1/b13-12+. The Morgan fingerprint density at radius 3 is 2.58 bits per heavy atom. The van der Waals surface area contributed by atoms with E-state index in [1.54, 1.807) is 13.0 Å². The zero-order valence-electron chi connectivity index (χ0n) is 25.1. The summed E-state index contributed by atoms with van der Waals surface area (Å²) in [6.45, 7) is 1.55. The molecule has 0 aliphatic heterocycles. The maximum Gasteiger partial charge on any atom is 0.281 e. The van der Waals surface area contributed by atoms with E-state index < -0.39 is 5.54 Å². The molecule has 6 heteroatoms. The molecule has 0 atom stereocenters. The molecule has 0 spiro atoms. The number of H-pyrrole nitrogens is 1. The Bertz CT molecular complexity index is 1790. The van der Waals surface area contributed by atoms with Gasteiger partial charge in [-0.25, -0.2) is 9.55 Å². The average Bonchev–Trinajstić information content (AvgIpc) is 3.56. The summed E-state index contributed by atoms with van der Waals surface area (Å²) >= 11 is 0. The zero-order chi connectivity index (χ0) is 29.6. The van der Waals surface area contributed by atoms with Crippen LogP contribution in [0.3, 0.4) is 0 Å². The number of aryl methyl sites for hydroxylation is 1. The van der Waals surface area contributed by atoms with Gasteiger partial charge in [-0.15, -0.1) is 0 Å². The van der Waals surface area contributed by atoms with Crippen LogP contribution in [0, 0.1) is 5.92 Å². The molecule has 2 aromatic heterocycles. The first kappa shape index (κ1) is 27.5. The van der Waals surface area contributed by atoms with Crippen LogP contribution in [0.25, 0.3) is 28.3 Å². The number of nitrogens with one attached hydrogen (secondary N) is 2. The Hall–Kier alpha value is -4.32. The second-order valence-electron chi connectivity index (χ2n) is 12.6. The fourth-order valence-electron chi connectivity index (χ4n) is 7.50. The highest BCUT2D eigenvalue weighted by Crippen LogP contribution is 2.47. The third-order valence-electron chi connectivity index (χ3n) is 9.83. The topological polar surface area (TPSA) is 78.7 Å². The molecule has 0 unspecified atom stereocenters. The second-order valence-corrected chi connectivity index (χ2v) is 12.6. The van der Waals surface area contributed by atoms with E-state index in [1.165, 1.54) is 54.4 Å². The number of fused-ring (bicyclic) bond motifs is 2. The van der Waals surface area contributed by atoms with Crippen LogP contribution in [-0.4, -0.2) is 21.7 Å². The van der Waals surface area contributed by atoms with Crippen molar-refractivity contribution < 1.29 is 14.2 Å². The molecule has 2 aromatic carbocycles. The summed E-state index contributed by atoms with van der Waals surface area (Å²) in [5.41, 5.74) is 9.68. The van der Waals surface area contributed by atoms with Crippen LogP contribution in [0.15, 0.2) is 66.9 Å². The van der Waals surface area contributed by atoms with Crippen LogP contribution in [-0.2, 0) is 23.8 Å². The number of aromatic nitrogens is 3. The Labute approximate surface area is 252 Å². The van der Waals surface area contributed by atoms with Crippen molar-refractivity contribution in [3.8, 4) is 0 Å². The highest BCUT2D eigenvalue weighted by Gasteiger charge is 2.48. The fourth-order valence-corrected chi connectivity index (χ4v) is 7.50. The predicted octanol–water partition coefficient (Wildman–Crippen LogP) is 6.85. The Balaban J connectivity index is 1.18. The SMILES string of the molecule is CC(=O)/C=C/c1ccc2c(c1)[nH]c(C1(NC(=O)c3ccc4c(c3)CC(c3ccccn3)=C4C3CCCCC3)CCC1)[n+]2C. The summed E-state index contributed by atoms with van der Waals surface area (Å²) in [6, 6.07) is 18.6. The summed E-state index contributed by atoms with van der Waals surface area (Å²) in [6.07, 6.45) is 15.3. The number of carbonyl (C=O) groups is 2. The minimum Gasteiger partial charge on any atom is -0.335 e. The normalized spacial score (nSPS) is 18.2. The van der Waals surface area contributed by atoms with Gasteiger partial charge >= 0.3 is 0 Å². The largest absolute Gasteiger partial charge is 0.335 e. The number of amides is 1. The van der Waals surface area contributed by atoms with Crippen molar-refractivity contribution in [1.82, 2.24) is 15.3 Å². The van der Waals surface area contributed by atoms with E-state index in [4.69, 9.17) is 4.98 Å². The van der Waals surface area contributed by atoms with E-state index in [1.807, 2.05) is 30.5 Å². The van der Waals surface area contributed by atoms with Crippen molar-refractivity contribution >= 4 is 39.9 Å². The van der Waals surface area contributed by atoms with Gasteiger partial charge < -0.3 is 5.32 Å². The molecule has 4 aromatic rings. The first-order chi connectivity index (χ1) is 20.9. The van der Waals surface area contributed by atoms with Gasteiger partial charge in [-0.2, -0.15) is 0 Å². The molecule has 7 rings (SSSR count). The van der Waals surface area contributed by atoms with Crippen molar-refractivity contribution in [3.63, 3.8) is 0 Å². The van der Waals surface area contributed by atoms with Gasteiger partial charge in [0.15, 0.2) is 16.8 Å². The summed E-state index contributed by atoms with van der Waals surface area (Å²) in [5, 5.41) is 3.45. The minimum absolute atomic E-state index is 0.0227. The Morgan fingerprint density at radius 1 is 1.02 bits per heavy atom. The Kier molecular flexibility index (Phi) is 7.08. The van der Waals surface area contributed by atoms with Gasteiger partial charge in [0, 0.05) is 18.2 Å². The molecule has 2 saturated carbocycles. The number of rotatable bonds is 7. The number of benzene rings is 2. The van der Waals surface area contributed by atoms with E-state index in [2.05, 4.69) is 58.3 Å². The van der Waals surface area contributed by atoms with Crippen molar-refractivity contribution in [1.29, 1.82) is 0 Å². The lowest BCUT2D eigenvalue weighted by atomic mass is 9.75. The number of imidazole rings is 1. The van der Waals surface area contributed by atoms with Gasteiger partial charge in [0.25, 0.3) is 11.7 Å². The number of pyridine rings is 1. The molecule has 0 saturated heterocycles. The molecule has 6 nitrogen and oxygen atoms in total. The molecule has 2 N–H and O–H groups in total. The highest BCUT2D eigenvalue weighted by molar-refractivity contribution is 6.00. The van der Waals surface area contributed by atoms with Gasteiger partial charge in [0.05, 0.1) is 12.7 Å². The van der Waals surface area contributed by atoms with Crippen LogP contribution in [0.2, 0.25) is 0 Å². The van der Waals surface area contributed by atoms with E-state index in [9.17, 15) is 9.59 Å². The summed E-state index contributed by atoms with van der Waals surface area (Å²) < 4.78 is 2.16. The van der Waals surface area contributed by atoms with Crippen LogP contribution >= 0.6 is 0 Å². The summed E-state index contributed by atoms with van der Waals surface area (Å²) in [7, 11) is 2.05. The number of hydrogen-bond acceptors (Lipinski definition) is 3. The van der Waals surface area contributed by atoms with E-state index >= 15 is 0 Å². The van der Waals surface area contributed by atoms with Crippen LogP contribution < -0.4 is 9.88 Å². The lowest BCUT2D eigenvalue weighted by molar-refractivity contribution is -0.658. The molecule has 1 amide bonds. The first-order valence-corrected chi connectivity index (χ1v) is 15.7. The third-order valence-corrected chi connectivity index (χ3v) is 9.83. The molecule has 0 bridgehead atoms. The quantitative estimate of drug-likeness (QED) is 0.188. The van der Waals surface area contributed by atoms with Crippen molar-refractivity contribution in [2.75, 3.05) is 0 Å². The van der Waals surface area contributed by atoms with E-state index in [0.29, 0.717) is 11.5 Å². The zero-order valence-corrected chi connectivity index (χ0v) is 25.1. The number of allylic oxidation sites excluding steroid dienone is 3. The lowest BCUT2D eigenvalue weighted by Crippen LogP contribution is -2.56. The third kappa shape index (κ3) is 5.03. The van der Waals surface area contributed by atoms with E-state index in [-0.39, 0.29) is 11.7 Å². The van der Waals surface area contributed by atoms with Gasteiger partial charge in [0.2, 0.25) is 0 Å². The Morgan fingerprint density at radius 2 is 1.86 bits per heavy atom. The molecule has 43 heavy (non-hydrogen) atoms. The van der Waals surface area contributed by atoms with Crippen molar-refractivity contribution in [3.05, 3.63) is 101 Å². The van der Waals surface area contributed by atoms with Gasteiger partial charge in [-0.1, -0.05) is 43.5 Å². The molecule has 3 aliphatic carbocycles. The molecule has 0 radical (unpaired) electrons. The molecular weight excluding hydrogens is 532 g/mol. The van der Waals surface area contributed by atoms with E-state index in [0.717, 1.165) is 53.8 Å². The van der Waals surface area contributed by atoms with Crippen molar-refractivity contribution in [2.45, 2.75) is 70.3 Å². The van der Waals surface area contributed by atoms with Crippen LogP contribution in [0.1, 0.15) is 96.9 Å². The van der Waals surface area contributed by atoms with Gasteiger partial charge in [0.1, 0.15) is 5.54 Å². The van der Waals surface area contributed by atoms with Crippen LogP contribution in [0.5, 0.6) is 0 Å². The lowest BCUT2D eigenvalue weighted by Gasteiger charge is -2.38. The first-order valence-electron chi connectivity index (χ1n) is 15.7. The number of hydrogen-bond donors (Lipinski definition) is 2.